The first-order valence-electron chi connectivity index (χ1n) is 5.47. The zero-order valence-corrected chi connectivity index (χ0v) is 10.9. The predicted molar refractivity (Wildman–Crippen MR) is 70.8 cm³/mol. The molecule has 0 aromatic heterocycles. The number of aryl methyl sites for hydroxylation is 2. The van der Waals surface area contributed by atoms with Crippen molar-refractivity contribution >= 4 is 17.4 Å². The molecule has 0 spiro atoms. The van der Waals surface area contributed by atoms with Gasteiger partial charge in [-0.15, -0.1) is 0 Å². The van der Waals surface area contributed by atoms with Gasteiger partial charge < -0.3 is 5.73 Å². The van der Waals surface area contributed by atoms with Gasteiger partial charge in [0.25, 0.3) is 0 Å². The first-order valence-corrected chi connectivity index (χ1v) is 6.28. The van der Waals surface area contributed by atoms with Gasteiger partial charge in [-0.3, -0.25) is 0 Å². The summed E-state index contributed by atoms with van der Waals surface area (Å²) < 4.78 is 26.5. The Labute approximate surface area is 109 Å². The van der Waals surface area contributed by atoms with Crippen LogP contribution >= 0.6 is 11.8 Å². The highest BCUT2D eigenvalue weighted by molar-refractivity contribution is 7.99. The highest BCUT2D eigenvalue weighted by atomic mass is 32.2. The van der Waals surface area contributed by atoms with Crippen LogP contribution in [-0.2, 0) is 0 Å². The molecule has 0 aliphatic heterocycles. The highest BCUT2D eigenvalue weighted by Crippen LogP contribution is 2.34. The Morgan fingerprint density at radius 3 is 2.39 bits per heavy atom. The van der Waals surface area contributed by atoms with Crippen molar-refractivity contribution in [1.82, 2.24) is 0 Å². The molecule has 0 heterocycles. The number of anilines is 1. The van der Waals surface area contributed by atoms with E-state index in [1.807, 2.05) is 32.0 Å². The summed E-state index contributed by atoms with van der Waals surface area (Å²) in [6.07, 6.45) is 0. The van der Waals surface area contributed by atoms with Gasteiger partial charge in [-0.25, -0.2) is 8.78 Å². The number of halogens is 2. The maximum Gasteiger partial charge on any atom is 0.150 e. The lowest BCUT2D eigenvalue weighted by atomic mass is 10.1. The van der Waals surface area contributed by atoms with E-state index < -0.39 is 11.6 Å². The molecule has 0 aliphatic carbocycles. The van der Waals surface area contributed by atoms with Crippen LogP contribution in [0.2, 0.25) is 0 Å². The quantitative estimate of drug-likeness (QED) is 0.819. The van der Waals surface area contributed by atoms with Gasteiger partial charge >= 0.3 is 0 Å². The summed E-state index contributed by atoms with van der Waals surface area (Å²) in [5, 5.41) is 0. The number of nitrogens with two attached hydrogens (primary N) is 1. The number of hydrogen-bond acceptors (Lipinski definition) is 2. The molecule has 0 saturated carbocycles. The summed E-state index contributed by atoms with van der Waals surface area (Å²) in [5.41, 5.74) is 7.90. The second kappa shape index (κ2) is 4.98. The van der Waals surface area contributed by atoms with Crippen LogP contribution in [0.15, 0.2) is 40.1 Å². The van der Waals surface area contributed by atoms with Gasteiger partial charge in [0, 0.05) is 15.9 Å². The molecule has 2 aromatic carbocycles. The largest absolute Gasteiger partial charge is 0.395 e. The van der Waals surface area contributed by atoms with Crippen molar-refractivity contribution in [2.75, 3.05) is 5.73 Å². The highest BCUT2D eigenvalue weighted by Gasteiger charge is 2.10. The molecule has 0 atom stereocenters. The standard InChI is InChI=1S/C14H13F2NS/c1-8-3-4-11(5-9(8)2)18-13-7-10(15)6-12(16)14(13)17/h3-7H,17H2,1-2H3. The van der Waals surface area contributed by atoms with E-state index in [1.165, 1.54) is 23.4 Å². The van der Waals surface area contributed by atoms with Gasteiger partial charge in [0.1, 0.15) is 11.6 Å². The minimum Gasteiger partial charge on any atom is -0.395 e. The third-order valence-electron chi connectivity index (χ3n) is 2.76. The van der Waals surface area contributed by atoms with Crippen LogP contribution in [0.25, 0.3) is 0 Å². The van der Waals surface area contributed by atoms with Crippen molar-refractivity contribution in [3.63, 3.8) is 0 Å². The van der Waals surface area contributed by atoms with E-state index in [9.17, 15) is 8.78 Å². The van der Waals surface area contributed by atoms with E-state index in [0.29, 0.717) is 4.90 Å². The molecular formula is C14H13F2NS. The van der Waals surface area contributed by atoms with Crippen molar-refractivity contribution < 1.29 is 8.78 Å². The molecule has 0 saturated heterocycles. The molecule has 18 heavy (non-hydrogen) atoms. The number of benzene rings is 2. The van der Waals surface area contributed by atoms with Crippen LogP contribution in [0, 0.1) is 25.5 Å². The van der Waals surface area contributed by atoms with Crippen LogP contribution in [0.1, 0.15) is 11.1 Å². The molecule has 0 amide bonds. The molecule has 2 aromatic rings. The maximum absolute atomic E-state index is 13.3. The Morgan fingerprint density at radius 2 is 1.72 bits per heavy atom. The Bertz CT molecular complexity index is 597. The van der Waals surface area contributed by atoms with E-state index >= 15 is 0 Å². The van der Waals surface area contributed by atoms with Gasteiger partial charge in [0.2, 0.25) is 0 Å². The van der Waals surface area contributed by atoms with Crippen LogP contribution in [0.4, 0.5) is 14.5 Å². The summed E-state index contributed by atoms with van der Waals surface area (Å²) >= 11 is 1.26. The van der Waals surface area contributed by atoms with Gasteiger partial charge in [0.05, 0.1) is 5.69 Å². The number of hydrogen-bond donors (Lipinski definition) is 1. The van der Waals surface area contributed by atoms with Crippen LogP contribution < -0.4 is 5.73 Å². The van der Waals surface area contributed by atoms with Crippen LogP contribution in [0.3, 0.4) is 0 Å². The Morgan fingerprint density at radius 1 is 1.00 bits per heavy atom. The fourth-order valence-corrected chi connectivity index (χ4v) is 2.55. The van der Waals surface area contributed by atoms with E-state index in [2.05, 4.69) is 0 Å². The van der Waals surface area contributed by atoms with Gasteiger partial charge in [-0.05, 0) is 43.2 Å². The molecule has 0 radical (unpaired) electrons. The average molecular weight is 265 g/mol. The Hall–Kier alpha value is -1.55. The van der Waals surface area contributed by atoms with Crippen LogP contribution in [-0.4, -0.2) is 0 Å². The number of nitrogen functional groups attached to an aromatic ring is 1. The Balaban J connectivity index is 2.36. The molecule has 1 nitrogen and oxygen atoms in total. The summed E-state index contributed by atoms with van der Waals surface area (Å²) in [5.74, 6) is -1.34. The molecular weight excluding hydrogens is 252 g/mol. The zero-order chi connectivity index (χ0) is 13.3. The normalized spacial score (nSPS) is 10.7. The SMILES string of the molecule is Cc1ccc(Sc2cc(F)cc(F)c2N)cc1C. The third kappa shape index (κ3) is 2.64. The molecule has 2 rings (SSSR count). The fourth-order valence-electron chi connectivity index (χ4n) is 1.55. The third-order valence-corrected chi connectivity index (χ3v) is 3.81. The predicted octanol–water partition coefficient (Wildman–Crippen LogP) is 4.32. The molecule has 0 fully saturated rings. The van der Waals surface area contributed by atoms with Crippen molar-refractivity contribution in [2.24, 2.45) is 0 Å². The molecule has 0 bridgehead atoms. The topological polar surface area (TPSA) is 26.0 Å². The second-order valence-electron chi connectivity index (χ2n) is 4.15. The molecule has 2 N–H and O–H groups in total. The first-order chi connectivity index (χ1) is 8.47. The van der Waals surface area contributed by atoms with E-state index in [4.69, 9.17) is 5.73 Å². The van der Waals surface area contributed by atoms with Crippen LogP contribution in [0.5, 0.6) is 0 Å². The lowest BCUT2D eigenvalue weighted by Gasteiger charge is -2.08. The van der Waals surface area contributed by atoms with Gasteiger partial charge in [-0.1, -0.05) is 17.8 Å². The minimum absolute atomic E-state index is 0.0142. The molecule has 94 valence electrons. The lowest BCUT2D eigenvalue weighted by molar-refractivity contribution is 0.581. The minimum atomic E-state index is -0.721. The van der Waals surface area contributed by atoms with Crippen molar-refractivity contribution in [1.29, 1.82) is 0 Å². The summed E-state index contributed by atoms with van der Waals surface area (Å²) in [7, 11) is 0. The van der Waals surface area contributed by atoms with Crippen molar-refractivity contribution in [3.8, 4) is 0 Å². The maximum atomic E-state index is 13.3. The Kier molecular flexibility index (Phi) is 3.57. The van der Waals surface area contributed by atoms with Crippen molar-refractivity contribution in [2.45, 2.75) is 23.6 Å². The summed E-state index contributed by atoms with van der Waals surface area (Å²) in [6, 6.07) is 7.90. The zero-order valence-electron chi connectivity index (χ0n) is 10.1. The average Bonchev–Trinajstić information content (AvgIpc) is 2.30. The summed E-state index contributed by atoms with van der Waals surface area (Å²) in [4.78, 5) is 1.31. The van der Waals surface area contributed by atoms with E-state index in [0.717, 1.165) is 16.5 Å². The van der Waals surface area contributed by atoms with Gasteiger partial charge in [-0.2, -0.15) is 0 Å². The van der Waals surface area contributed by atoms with E-state index in [-0.39, 0.29) is 5.69 Å². The smallest absolute Gasteiger partial charge is 0.150 e. The van der Waals surface area contributed by atoms with E-state index in [1.54, 1.807) is 0 Å². The molecule has 0 aliphatic rings. The number of rotatable bonds is 2. The van der Waals surface area contributed by atoms with Crippen molar-refractivity contribution in [3.05, 3.63) is 53.1 Å². The molecule has 4 heteroatoms. The second-order valence-corrected chi connectivity index (χ2v) is 5.26. The fraction of sp³-hybridized carbons (Fsp3) is 0.143. The first kappa shape index (κ1) is 12.9. The lowest BCUT2D eigenvalue weighted by Crippen LogP contribution is -1.95. The van der Waals surface area contributed by atoms with Gasteiger partial charge in [0.15, 0.2) is 0 Å². The molecule has 0 unspecified atom stereocenters. The monoisotopic (exact) mass is 265 g/mol. The summed E-state index contributed by atoms with van der Waals surface area (Å²) in [6.45, 7) is 4.01.